The third-order valence-corrected chi connectivity index (χ3v) is 6.96. The van der Waals surface area contributed by atoms with Crippen LogP contribution in [0.25, 0.3) is 0 Å². The Bertz CT molecular complexity index is 1400. The maximum atomic E-state index is 11.2. The van der Waals surface area contributed by atoms with Gasteiger partial charge in [-0.25, -0.2) is 4.79 Å². The quantitative estimate of drug-likeness (QED) is 0.135. The van der Waals surface area contributed by atoms with Crippen molar-refractivity contribution in [1.82, 2.24) is 4.90 Å². The first kappa shape index (κ1) is 30.3. The molecule has 0 amide bonds. The fourth-order valence-corrected chi connectivity index (χ4v) is 4.61. The van der Waals surface area contributed by atoms with Gasteiger partial charge in [0.05, 0.1) is 5.56 Å². The number of rotatable bonds is 17. The van der Waals surface area contributed by atoms with Gasteiger partial charge < -0.3 is 19.7 Å². The van der Waals surface area contributed by atoms with Crippen molar-refractivity contribution in [2.75, 3.05) is 13.1 Å². The lowest BCUT2D eigenvalue weighted by molar-refractivity contribution is -0.137. The number of carbonyl (C=O) groups is 2. The van der Waals surface area contributed by atoms with Crippen molar-refractivity contribution in [3.63, 3.8) is 0 Å². The summed E-state index contributed by atoms with van der Waals surface area (Å²) in [6, 6.07) is 32.9. The van der Waals surface area contributed by atoms with E-state index in [-0.39, 0.29) is 12.0 Å². The second kappa shape index (κ2) is 16.0. The first-order valence-corrected chi connectivity index (χ1v) is 14.2. The number of unbranched alkanes of at least 4 members (excludes halogenated alkanes) is 1. The van der Waals surface area contributed by atoms with Crippen molar-refractivity contribution < 1.29 is 29.3 Å². The van der Waals surface area contributed by atoms with Gasteiger partial charge in [0.15, 0.2) is 0 Å². The van der Waals surface area contributed by atoms with Crippen LogP contribution in [-0.2, 0) is 31.0 Å². The highest BCUT2D eigenvalue weighted by molar-refractivity contribution is 5.87. The number of carboxylic acid groups (broad SMARTS) is 2. The maximum Gasteiger partial charge on any atom is 0.335 e. The fraction of sp³-hybridized carbons (Fsp3) is 0.257. The van der Waals surface area contributed by atoms with Crippen molar-refractivity contribution in [1.29, 1.82) is 0 Å². The second-order valence-corrected chi connectivity index (χ2v) is 10.2. The average Bonchev–Trinajstić information content (AvgIpc) is 3.01. The van der Waals surface area contributed by atoms with Crippen molar-refractivity contribution in [2.45, 2.75) is 45.4 Å². The molecule has 0 radical (unpaired) electrons. The number of para-hydroxylation sites is 1. The number of nitrogens with zero attached hydrogens (tertiary/aromatic N) is 1. The zero-order valence-electron chi connectivity index (χ0n) is 23.7. The molecule has 0 saturated heterocycles. The minimum absolute atomic E-state index is 0.151. The Morgan fingerprint density at radius 1 is 0.643 bits per heavy atom. The van der Waals surface area contributed by atoms with Crippen LogP contribution in [0.5, 0.6) is 11.5 Å². The molecular formula is C35H37NO6. The number of benzene rings is 4. The highest BCUT2D eigenvalue weighted by atomic mass is 16.5. The normalized spacial score (nSPS) is 10.9. The molecule has 0 unspecified atom stereocenters. The summed E-state index contributed by atoms with van der Waals surface area (Å²) in [7, 11) is 0. The van der Waals surface area contributed by atoms with E-state index in [1.807, 2.05) is 84.9 Å². The van der Waals surface area contributed by atoms with E-state index in [1.54, 1.807) is 12.1 Å². The predicted molar refractivity (Wildman–Crippen MR) is 162 cm³/mol. The zero-order valence-corrected chi connectivity index (χ0v) is 23.7. The lowest BCUT2D eigenvalue weighted by atomic mass is 10.1. The van der Waals surface area contributed by atoms with E-state index >= 15 is 0 Å². The van der Waals surface area contributed by atoms with E-state index in [0.29, 0.717) is 26.2 Å². The van der Waals surface area contributed by atoms with E-state index in [2.05, 4.69) is 11.0 Å². The predicted octanol–water partition coefficient (Wildman–Crippen LogP) is 6.84. The standard InChI is InChI=1S/C35H37NO6/c37-34(38)12-6-7-22-36(24-27-13-17-31(18-14-27)35(39)40)23-21-30-10-4-5-11-33(30)42-26-29-15-19-32(20-16-29)41-25-28-8-2-1-3-9-28/h1-5,8-11,13-20H,6-7,12,21-26H2,(H,37,38)(H,39,40). The van der Waals surface area contributed by atoms with Crippen LogP contribution in [0.15, 0.2) is 103 Å². The Morgan fingerprint density at radius 2 is 1.29 bits per heavy atom. The Kier molecular flexibility index (Phi) is 11.5. The molecule has 2 N–H and O–H groups in total. The van der Waals surface area contributed by atoms with Crippen molar-refractivity contribution in [2.24, 2.45) is 0 Å². The molecule has 0 aromatic heterocycles. The van der Waals surface area contributed by atoms with E-state index in [1.165, 1.54) is 0 Å². The number of hydrogen-bond acceptors (Lipinski definition) is 5. The first-order valence-electron chi connectivity index (χ1n) is 14.2. The Balaban J connectivity index is 1.33. The van der Waals surface area contributed by atoms with Gasteiger partial charge >= 0.3 is 11.9 Å². The highest BCUT2D eigenvalue weighted by Gasteiger charge is 2.11. The molecule has 0 fully saturated rings. The van der Waals surface area contributed by atoms with Crippen molar-refractivity contribution in [3.8, 4) is 11.5 Å². The van der Waals surface area contributed by atoms with Gasteiger partial charge in [-0.2, -0.15) is 0 Å². The molecule has 0 bridgehead atoms. The zero-order chi connectivity index (χ0) is 29.6. The van der Waals surface area contributed by atoms with Crippen LogP contribution in [0.1, 0.15) is 51.9 Å². The third kappa shape index (κ3) is 10.1. The fourth-order valence-electron chi connectivity index (χ4n) is 4.61. The molecule has 218 valence electrons. The van der Waals surface area contributed by atoms with Crippen molar-refractivity contribution in [3.05, 3.63) is 131 Å². The molecule has 0 spiro atoms. The van der Waals surface area contributed by atoms with Gasteiger partial charge in [0.25, 0.3) is 0 Å². The summed E-state index contributed by atoms with van der Waals surface area (Å²) >= 11 is 0. The van der Waals surface area contributed by atoms with Crippen LogP contribution in [-0.4, -0.2) is 40.1 Å². The van der Waals surface area contributed by atoms with Gasteiger partial charge in [-0.3, -0.25) is 9.69 Å². The largest absolute Gasteiger partial charge is 0.489 e. The SMILES string of the molecule is O=C(O)CCCCN(CCc1ccccc1OCc1ccc(OCc2ccccc2)cc1)Cc1ccc(C(=O)O)cc1. The van der Waals surface area contributed by atoms with Crippen LogP contribution < -0.4 is 9.47 Å². The van der Waals surface area contributed by atoms with E-state index in [4.69, 9.17) is 14.6 Å². The summed E-state index contributed by atoms with van der Waals surface area (Å²) in [5.41, 5.74) is 4.53. The Morgan fingerprint density at radius 3 is 2.00 bits per heavy atom. The minimum Gasteiger partial charge on any atom is -0.489 e. The molecule has 4 aromatic carbocycles. The highest BCUT2D eigenvalue weighted by Crippen LogP contribution is 2.22. The Hall–Kier alpha value is -4.62. The monoisotopic (exact) mass is 567 g/mol. The third-order valence-electron chi connectivity index (χ3n) is 6.96. The summed E-state index contributed by atoms with van der Waals surface area (Å²) in [6.45, 7) is 3.10. The molecule has 0 aliphatic rings. The van der Waals surface area contributed by atoms with Crippen LogP contribution in [0.2, 0.25) is 0 Å². The molecule has 7 nitrogen and oxygen atoms in total. The van der Waals surface area contributed by atoms with E-state index in [9.17, 15) is 14.7 Å². The van der Waals surface area contributed by atoms with Crippen molar-refractivity contribution >= 4 is 11.9 Å². The number of ether oxygens (including phenoxy) is 2. The maximum absolute atomic E-state index is 11.2. The lowest BCUT2D eigenvalue weighted by Gasteiger charge is -2.23. The smallest absolute Gasteiger partial charge is 0.335 e. The molecule has 42 heavy (non-hydrogen) atoms. The molecular weight excluding hydrogens is 530 g/mol. The molecule has 0 atom stereocenters. The van der Waals surface area contributed by atoms with Crippen LogP contribution in [0.4, 0.5) is 0 Å². The summed E-state index contributed by atoms with van der Waals surface area (Å²) in [5, 5.41) is 18.2. The molecule has 0 aliphatic heterocycles. The van der Waals surface area contributed by atoms with Crippen LogP contribution in [0.3, 0.4) is 0 Å². The lowest BCUT2D eigenvalue weighted by Crippen LogP contribution is -2.27. The summed E-state index contributed by atoms with van der Waals surface area (Å²) in [4.78, 5) is 24.4. The molecule has 7 heteroatoms. The molecule has 4 rings (SSSR count). The average molecular weight is 568 g/mol. The van der Waals surface area contributed by atoms with Gasteiger partial charge in [0.2, 0.25) is 0 Å². The number of hydrogen-bond donors (Lipinski definition) is 2. The number of aromatic carboxylic acids is 1. The van der Waals surface area contributed by atoms with Crippen LogP contribution >= 0.6 is 0 Å². The van der Waals surface area contributed by atoms with Gasteiger partial charge in [0, 0.05) is 19.5 Å². The number of aliphatic carboxylic acids is 1. The number of carboxylic acids is 2. The summed E-state index contributed by atoms with van der Waals surface area (Å²) in [5.74, 6) is -0.0927. The topological polar surface area (TPSA) is 96.3 Å². The van der Waals surface area contributed by atoms with Gasteiger partial charge in [-0.15, -0.1) is 0 Å². The summed E-state index contributed by atoms with van der Waals surface area (Å²) < 4.78 is 12.1. The molecule has 0 saturated carbocycles. The minimum atomic E-state index is -0.948. The molecule has 4 aromatic rings. The van der Waals surface area contributed by atoms with Gasteiger partial charge in [-0.05, 0) is 78.4 Å². The molecule has 0 aliphatic carbocycles. The summed E-state index contributed by atoms with van der Waals surface area (Å²) in [6.07, 6.45) is 2.29. The van der Waals surface area contributed by atoms with Gasteiger partial charge in [-0.1, -0.05) is 72.8 Å². The van der Waals surface area contributed by atoms with Crippen LogP contribution in [0, 0.1) is 0 Å². The first-order chi connectivity index (χ1) is 20.5. The van der Waals surface area contributed by atoms with E-state index in [0.717, 1.165) is 59.7 Å². The molecule has 0 heterocycles. The van der Waals surface area contributed by atoms with Gasteiger partial charge in [0.1, 0.15) is 24.7 Å². The van der Waals surface area contributed by atoms with E-state index < -0.39 is 11.9 Å². The second-order valence-electron chi connectivity index (χ2n) is 10.2. The Labute approximate surface area is 247 Å².